The minimum atomic E-state index is -3.58. The summed E-state index contributed by atoms with van der Waals surface area (Å²) in [6, 6.07) is 0. The lowest BCUT2D eigenvalue weighted by molar-refractivity contribution is -0.127. The zero-order valence-electron chi connectivity index (χ0n) is 10.9. The normalized spacial score (nSPS) is 19.4. The number of carbonyl (C=O) groups excluding carboxylic acids is 1. The van der Waals surface area contributed by atoms with E-state index in [0.717, 1.165) is 25.7 Å². The summed E-state index contributed by atoms with van der Waals surface area (Å²) in [4.78, 5) is 12.5. The number of carbonyl (C=O) groups is 1. The molecule has 1 saturated carbocycles. The molecule has 0 spiro atoms. The van der Waals surface area contributed by atoms with Crippen molar-refractivity contribution in [1.29, 1.82) is 0 Å². The van der Waals surface area contributed by atoms with Gasteiger partial charge in [-0.1, -0.05) is 37.9 Å². The van der Waals surface area contributed by atoms with Gasteiger partial charge < -0.3 is 11.1 Å². The largest absolute Gasteiger partial charge is 0.392 e. The van der Waals surface area contributed by atoms with Crippen LogP contribution in [0.1, 0.15) is 38.5 Å². The van der Waals surface area contributed by atoms with Crippen molar-refractivity contribution in [3.05, 3.63) is 0 Å². The zero-order valence-corrected chi connectivity index (χ0v) is 12.5. The molecule has 0 aromatic carbocycles. The van der Waals surface area contributed by atoms with Crippen LogP contribution in [0.5, 0.6) is 0 Å². The Kier molecular flexibility index (Phi) is 5.69. The van der Waals surface area contributed by atoms with Crippen molar-refractivity contribution >= 4 is 33.1 Å². The summed E-state index contributed by atoms with van der Waals surface area (Å²) >= 11 is 5.06. The van der Waals surface area contributed by atoms with E-state index in [1.165, 1.54) is 0 Å². The van der Waals surface area contributed by atoms with E-state index in [0.29, 0.717) is 12.8 Å². The molecule has 19 heavy (non-hydrogen) atoms. The Bertz CT molecular complexity index is 440. The van der Waals surface area contributed by atoms with E-state index in [-0.39, 0.29) is 23.2 Å². The fourth-order valence-corrected chi connectivity index (χ4v) is 3.08. The first-order chi connectivity index (χ1) is 8.78. The van der Waals surface area contributed by atoms with Crippen molar-refractivity contribution in [3.8, 4) is 0 Å². The first-order valence-electron chi connectivity index (χ1n) is 6.37. The molecule has 0 bridgehead atoms. The van der Waals surface area contributed by atoms with Crippen molar-refractivity contribution in [1.82, 2.24) is 5.32 Å². The number of rotatable bonds is 5. The first-order valence-corrected chi connectivity index (χ1v) is 8.49. The SMILES string of the molecule is NC(=S)C1(C(=O)NCCS(N)(=O)=O)CCCCCC1. The maximum absolute atomic E-state index is 12.3. The second-order valence-electron chi connectivity index (χ2n) is 4.98. The highest BCUT2D eigenvalue weighted by atomic mass is 32.2. The summed E-state index contributed by atoms with van der Waals surface area (Å²) in [6.45, 7) is -0.0119. The van der Waals surface area contributed by atoms with Crippen LogP contribution in [0, 0.1) is 5.41 Å². The van der Waals surface area contributed by atoms with Crippen LogP contribution < -0.4 is 16.2 Å². The molecular formula is C11H21N3O3S2. The molecule has 1 rings (SSSR count). The molecule has 0 unspecified atom stereocenters. The van der Waals surface area contributed by atoms with Crippen LogP contribution in [0.2, 0.25) is 0 Å². The molecule has 0 aliphatic heterocycles. The van der Waals surface area contributed by atoms with Gasteiger partial charge in [0, 0.05) is 6.54 Å². The van der Waals surface area contributed by atoms with Gasteiger partial charge in [-0.15, -0.1) is 0 Å². The van der Waals surface area contributed by atoms with Gasteiger partial charge in [-0.05, 0) is 12.8 Å². The molecule has 1 aliphatic carbocycles. The number of hydrogen-bond acceptors (Lipinski definition) is 4. The highest BCUT2D eigenvalue weighted by Gasteiger charge is 2.41. The van der Waals surface area contributed by atoms with Gasteiger partial charge in [0.1, 0.15) is 0 Å². The molecule has 5 N–H and O–H groups in total. The average Bonchev–Trinajstić information content (AvgIpc) is 2.53. The number of sulfonamides is 1. The predicted molar refractivity (Wildman–Crippen MR) is 77.9 cm³/mol. The Morgan fingerprint density at radius 3 is 2.16 bits per heavy atom. The van der Waals surface area contributed by atoms with Crippen LogP contribution in [0.25, 0.3) is 0 Å². The van der Waals surface area contributed by atoms with Gasteiger partial charge in [0.15, 0.2) is 0 Å². The Hall–Kier alpha value is -0.730. The standard InChI is InChI=1S/C11H21N3O3S2/c12-9(18)11(5-3-1-2-4-6-11)10(15)14-7-8-19(13,16)17/h1-8H2,(H2,12,18)(H,14,15)(H2,13,16,17). The number of nitrogens with one attached hydrogen (secondary N) is 1. The number of nitrogens with two attached hydrogens (primary N) is 2. The van der Waals surface area contributed by atoms with Crippen molar-refractivity contribution in [2.75, 3.05) is 12.3 Å². The van der Waals surface area contributed by atoms with Crippen molar-refractivity contribution in [2.45, 2.75) is 38.5 Å². The van der Waals surface area contributed by atoms with Gasteiger partial charge in [-0.25, -0.2) is 13.6 Å². The zero-order chi connectivity index (χ0) is 14.5. The molecule has 0 heterocycles. The third kappa shape index (κ3) is 4.70. The molecule has 6 nitrogen and oxygen atoms in total. The van der Waals surface area contributed by atoms with E-state index in [1.54, 1.807) is 0 Å². The number of hydrogen-bond donors (Lipinski definition) is 3. The maximum Gasteiger partial charge on any atom is 0.233 e. The molecular weight excluding hydrogens is 286 g/mol. The minimum absolute atomic E-state index is 0.0119. The van der Waals surface area contributed by atoms with E-state index in [4.69, 9.17) is 23.1 Å². The molecule has 110 valence electrons. The van der Waals surface area contributed by atoms with Gasteiger partial charge in [0.2, 0.25) is 15.9 Å². The highest BCUT2D eigenvalue weighted by molar-refractivity contribution is 7.89. The minimum Gasteiger partial charge on any atom is -0.392 e. The Balaban J connectivity index is 2.70. The summed E-state index contributed by atoms with van der Waals surface area (Å²) < 4.78 is 21.7. The van der Waals surface area contributed by atoms with Crippen molar-refractivity contribution in [3.63, 3.8) is 0 Å². The molecule has 0 aromatic heterocycles. The lowest BCUT2D eigenvalue weighted by Gasteiger charge is -2.30. The fourth-order valence-electron chi connectivity index (χ4n) is 2.39. The average molecular weight is 307 g/mol. The van der Waals surface area contributed by atoms with Crippen LogP contribution in [-0.4, -0.2) is 31.6 Å². The summed E-state index contributed by atoms with van der Waals surface area (Å²) in [5.74, 6) is -0.558. The second-order valence-corrected chi connectivity index (χ2v) is 7.16. The molecule has 1 fully saturated rings. The Morgan fingerprint density at radius 1 is 1.21 bits per heavy atom. The molecule has 1 amide bonds. The topological polar surface area (TPSA) is 115 Å². The Labute approximate surface area is 119 Å². The van der Waals surface area contributed by atoms with Crippen LogP contribution in [0.15, 0.2) is 0 Å². The third-order valence-electron chi connectivity index (χ3n) is 3.54. The second kappa shape index (κ2) is 6.62. The van der Waals surface area contributed by atoms with Crippen LogP contribution in [0.3, 0.4) is 0 Å². The van der Waals surface area contributed by atoms with E-state index < -0.39 is 15.4 Å². The Morgan fingerprint density at radius 2 is 1.74 bits per heavy atom. The highest BCUT2D eigenvalue weighted by Crippen LogP contribution is 2.35. The number of thiocarbonyl (C=S) groups is 1. The van der Waals surface area contributed by atoms with Gasteiger partial charge in [-0.3, -0.25) is 4.79 Å². The summed E-state index contributed by atoms with van der Waals surface area (Å²) in [6.07, 6.45) is 5.19. The molecule has 8 heteroatoms. The number of amides is 1. The third-order valence-corrected chi connectivity index (χ3v) is 4.70. The van der Waals surface area contributed by atoms with Crippen LogP contribution in [0.4, 0.5) is 0 Å². The lowest BCUT2D eigenvalue weighted by atomic mass is 9.79. The van der Waals surface area contributed by atoms with Gasteiger partial charge in [0.05, 0.1) is 16.2 Å². The smallest absolute Gasteiger partial charge is 0.233 e. The van der Waals surface area contributed by atoms with E-state index in [1.807, 2.05) is 0 Å². The van der Waals surface area contributed by atoms with E-state index >= 15 is 0 Å². The van der Waals surface area contributed by atoms with Crippen molar-refractivity contribution < 1.29 is 13.2 Å². The summed E-state index contributed by atoms with van der Waals surface area (Å²) in [7, 11) is -3.58. The van der Waals surface area contributed by atoms with Gasteiger partial charge in [-0.2, -0.15) is 0 Å². The molecule has 0 atom stereocenters. The van der Waals surface area contributed by atoms with E-state index in [9.17, 15) is 13.2 Å². The monoisotopic (exact) mass is 307 g/mol. The molecule has 0 radical (unpaired) electrons. The van der Waals surface area contributed by atoms with Crippen molar-refractivity contribution in [2.24, 2.45) is 16.3 Å². The fraction of sp³-hybridized carbons (Fsp3) is 0.818. The predicted octanol–water partition coefficient (Wildman–Crippen LogP) is 0.0178. The van der Waals surface area contributed by atoms with Gasteiger partial charge >= 0.3 is 0 Å². The van der Waals surface area contributed by atoms with Gasteiger partial charge in [0.25, 0.3) is 0 Å². The van der Waals surface area contributed by atoms with Crippen LogP contribution in [-0.2, 0) is 14.8 Å². The quantitative estimate of drug-likeness (QED) is 0.489. The molecule has 0 aromatic rings. The van der Waals surface area contributed by atoms with E-state index in [2.05, 4.69) is 5.32 Å². The maximum atomic E-state index is 12.3. The van der Waals surface area contributed by atoms with Crippen LogP contribution >= 0.6 is 12.2 Å². The summed E-state index contributed by atoms with van der Waals surface area (Å²) in [5.41, 5.74) is 4.93. The molecule has 0 saturated heterocycles. The number of primary sulfonamides is 1. The summed E-state index contributed by atoms with van der Waals surface area (Å²) in [5, 5.41) is 7.48. The molecule has 1 aliphatic rings. The lowest BCUT2D eigenvalue weighted by Crippen LogP contribution is -2.49. The first kappa shape index (κ1) is 16.3.